The summed E-state index contributed by atoms with van der Waals surface area (Å²) >= 11 is 1.70. The summed E-state index contributed by atoms with van der Waals surface area (Å²) in [5, 5.41) is 7.96. The topological polar surface area (TPSA) is 37.8 Å². The molecule has 0 bridgehead atoms. The van der Waals surface area contributed by atoms with Crippen LogP contribution in [0, 0.1) is 0 Å². The summed E-state index contributed by atoms with van der Waals surface area (Å²) in [6, 6.07) is 12.8. The molecule has 3 rings (SSSR count). The summed E-state index contributed by atoms with van der Waals surface area (Å²) in [6.07, 6.45) is 3.87. The minimum Gasteiger partial charge on any atom is -0.308 e. The van der Waals surface area contributed by atoms with Gasteiger partial charge >= 0.3 is 0 Å². The highest BCUT2D eigenvalue weighted by Crippen LogP contribution is 2.21. The second-order valence-corrected chi connectivity index (χ2v) is 6.04. The first-order valence-corrected chi connectivity index (χ1v) is 8.22. The van der Waals surface area contributed by atoms with Crippen LogP contribution in [-0.4, -0.2) is 16.5 Å². The van der Waals surface area contributed by atoms with Crippen LogP contribution in [-0.2, 0) is 6.42 Å². The van der Waals surface area contributed by atoms with E-state index in [0.29, 0.717) is 0 Å². The quantitative estimate of drug-likeness (QED) is 0.748. The molecule has 0 amide bonds. The highest BCUT2D eigenvalue weighted by molar-refractivity contribution is 7.09. The molecule has 3 nitrogen and oxygen atoms in total. The Morgan fingerprint density at radius 3 is 2.90 bits per heavy atom. The first-order valence-electron chi connectivity index (χ1n) is 7.34. The Bertz CT molecular complexity index is 694. The van der Waals surface area contributed by atoms with E-state index in [1.54, 1.807) is 11.3 Å². The second kappa shape index (κ2) is 6.78. The van der Waals surface area contributed by atoms with Gasteiger partial charge in [-0.3, -0.25) is 4.98 Å². The van der Waals surface area contributed by atoms with Crippen LogP contribution in [0.2, 0.25) is 0 Å². The van der Waals surface area contributed by atoms with Crippen molar-refractivity contribution in [2.45, 2.75) is 25.8 Å². The van der Waals surface area contributed by atoms with Crippen molar-refractivity contribution in [3.63, 3.8) is 0 Å². The first-order chi connectivity index (χ1) is 10.4. The third kappa shape index (κ3) is 3.46. The molecule has 21 heavy (non-hydrogen) atoms. The van der Waals surface area contributed by atoms with E-state index < -0.39 is 0 Å². The Morgan fingerprint density at radius 2 is 2.10 bits per heavy atom. The van der Waals surface area contributed by atoms with E-state index in [0.717, 1.165) is 35.6 Å². The molecule has 0 aliphatic heterocycles. The predicted molar refractivity (Wildman–Crippen MR) is 88.6 cm³/mol. The summed E-state index contributed by atoms with van der Waals surface area (Å²) in [5.74, 6) is 0. The number of thiazole rings is 1. The number of hydrogen-bond donors (Lipinski definition) is 1. The maximum atomic E-state index is 4.82. The van der Waals surface area contributed by atoms with Crippen molar-refractivity contribution in [1.29, 1.82) is 0 Å². The molecule has 1 unspecified atom stereocenters. The average Bonchev–Trinajstić information content (AvgIpc) is 3.04. The van der Waals surface area contributed by atoms with Crippen LogP contribution in [0.3, 0.4) is 0 Å². The highest BCUT2D eigenvalue weighted by atomic mass is 32.1. The van der Waals surface area contributed by atoms with Crippen LogP contribution in [0.1, 0.15) is 30.1 Å². The van der Waals surface area contributed by atoms with Crippen molar-refractivity contribution < 1.29 is 0 Å². The molecule has 2 aromatic heterocycles. The molecule has 0 saturated carbocycles. The van der Waals surface area contributed by atoms with E-state index in [1.807, 2.05) is 23.7 Å². The molecule has 0 radical (unpaired) electrons. The standard InChI is InChI=1S/C17H19N3S/c1-2-9-18-16(12-17-19-10-11-21-17)15-8-7-13-5-3-4-6-14(13)20-15/h3-8,10-11,16,18H,2,9,12H2,1H3. The predicted octanol–water partition coefficient (Wildman–Crippen LogP) is 3.97. The van der Waals surface area contributed by atoms with Gasteiger partial charge in [-0.25, -0.2) is 4.98 Å². The Labute approximate surface area is 129 Å². The van der Waals surface area contributed by atoms with Gasteiger partial charge in [0.25, 0.3) is 0 Å². The van der Waals surface area contributed by atoms with E-state index in [2.05, 4.69) is 41.5 Å². The summed E-state index contributed by atoms with van der Waals surface area (Å²) in [6.45, 7) is 3.17. The molecule has 3 aromatic rings. The second-order valence-electron chi connectivity index (χ2n) is 5.07. The van der Waals surface area contributed by atoms with Crippen molar-refractivity contribution in [2.24, 2.45) is 0 Å². The Morgan fingerprint density at radius 1 is 1.19 bits per heavy atom. The molecule has 1 atom stereocenters. The largest absolute Gasteiger partial charge is 0.308 e. The van der Waals surface area contributed by atoms with E-state index in [4.69, 9.17) is 4.98 Å². The fourth-order valence-corrected chi connectivity index (χ4v) is 3.07. The normalized spacial score (nSPS) is 12.6. The van der Waals surface area contributed by atoms with Gasteiger partial charge in [-0.15, -0.1) is 11.3 Å². The lowest BCUT2D eigenvalue weighted by Crippen LogP contribution is -2.25. The monoisotopic (exact) mass is 297 g/mol. The zero-order valence-corrected chi connectivity index (χ0v) is 12.9. The summed E-state index contributed by atoms with van der Waals surface area (Å²) in [5.41, 5.74) is 2.15. The number of hydrogen-bond acceptors (Lipinski definition) is 4. The summed E-state index contributed by atoms with van der Waals surface area (Å²) in [4.78, 5) is 9.23. The lowest BCUT2D eigenvalue weighted by molar-refractivity contribution is 0.518. The number of nitrogens with one attached hydrogen (secondary N) is 1. The van der Waals surface area contributed by atoms with Crippen molar-refractivity contribution in [1.82, 2.24) is 15.3 Å². The van der Waals surface area contributed by atoms with Gasteiger partial charge < -0.3 is 5.32 Å². The minimum atomic E-state index is 0.223. The summed E-state index contributed by atoms with van der Waals surface area (Å²) < 4.78 is 0. The number of fused-ring (bicyclic) bond motifs is 1. The van der Waals surface area contributed by atoms with Gasteiger partial charge in [0.2, 0.25) is 0 Å². The molecule has 0 spiro atoms. The van der Waals surface area contributed by atoms with Gasteiger partial charge in [0.1, 0.15) is 0 Å². The lowest BCUT2D eigenvalue weighted by atomic mass is 10.1. The lowest BCUT2D eigenvalue weighted by Gasteiger charge is -2.17. The highest BCUT2D eigenvalue weighted by Gasteiger charge is 2.14. The number of nitrogens with zero attached hydrogens (tertiary/aromatic N) is 2. The SMILES string of the molecule is CCCNC(Cc1nccs1)c1ccc2ccccc2n1. The molecule has 0 fully saturated rings. The summed E-state index contributed by atoms with van der Waals surface area (Å²) in [7, 11) is 0. The third-order valence-electron chi connectivity index (χ3n) is 3.48. The molecule has 108 valence electrons. The van der Waals surface area contributed by atoms with E-state index >= 15 is 0 Å². The number of pyridine rings is 1. The first kappa shape index (κ1) is 14.2. The van der Waals surface area contributed by atoms with Crippen LogP contribution in [0.15, 0.2) is 48.0 Å². The van der Waals surface area contributed by atoms with Crippen molar-refractivity contribution in [3.8, 4) is 0 Å². The van der Waals surface area contributed by atoms with E-state index in [-0.39, 0.29) is 6.04 Å². The number of rotatable bonds is 6. The zero-order valence-electron chi connectivity index (χ0n) is 12.1. The molecule has 0 saturated heterocycles. The van der Waals surface area contributed by atoms with Crippen molar-refractivity contribution in [2.75, 3.05) is 6.54 Å². The maximum Gasteiger partial charge on any atom is 0.0944 e. The molecule has 1 N–H and O–H groups in total. The van der Waals surface area contributed by atoms with Gasteiger partial charge in [0.05, 0.1) is 22.3 Å². The van der Waals surface area contributed by atoms with E-state index in [9.17, 15) is 0 Å². The van der Waals surface area contributed by atoms with Gasteiger partial charge in [0.15, 0.2) is 0 Å². The zero-order chi connectivity index (χ0) is 14.5. The molecular weight excluding hydrogens is 278 g/mol. The van der Waals surface area contributed by atoms with Crippen molar-refractivity contribution in [3.05, 3.63) is 58.7 Å². The molecule has 0 aliphatic rings. The van der Waals surface area contributed by atoms with Crippen LogP contribution in [0.4, 0.5) is 0 Å². The number of benzene rings is 1. The van der Waals surface area contributed by atoms with Crippen molar-refractivity contribution >= 4 is 22.2 Å². The smallest absolute Gasteiger partial charge is 0.0944 e. The molecule has 4 heteroatoms. The molecular formula is C17H19N3S. The molecule has 1 aromatic carbocycles. The molecule has 0 aliphatic carbocycles. The van der Waals surface area contributed by atoms with Gasteiger partial charge in [0, 0.05) is 23.4 Å². The van der Waals surface area contributed by atoms with Crippen LogP contribution in [0.5, 0.6) is 0 Å². The van der Waals surface area contributed by atoms with E-state index in [1.165, 1.54) is 5.39 Å². The fourth-order valence-electron chi connectivity index (χ4n) is 2.40. The van der Waals surface area contributed by atoms with Gasteiger partial charge in [-0.1, -0.05) is 31.2 Å². The average molecular weight is 297 g/mol. The minimum absolute atomic E-state index is 0.223. The van der Waals surface area contributed by atoms with Crippen LogP contribution in [0.25, 0.3) is 10.9 Å². The van der Waals surface area contributed by atoms with Gasteiger partial charge in [-0.2, -0.15) is 0 Å². The van der Waals surface area contributed by atoms with Crippen LogP contribution < -0.4 is 5.32 Å². The molecule has 2 heterocycles. The number of aromatic nitrogens is 2. The Hall–Kier alpha value is -1.78. The van der Waals surface area contributed by atoms with Crippen LogP contribution >= 0.6 is 11.3 Å². The number of para-hydroxylation sites is 1. The Balaban J connectivity index is 1.89. The fraction of sp³-hybridized carbons (Fsp3) is 0.294. The third-order valence-corrected chi connectivity index (χ3v) is 4.28. The maximum absolute atomic E-state index is 4.82. The Kier molecular flexibility index (Phi) is 4.58. The van der Waals surface area contributed by atoms with Gasteiger partial charge in [-0.05, 0) is 25.1 Å².